The van der Waals surface area contributed by atoms with Crippen LogP contribution in [0.4, 0.5) is 5.13 Å². The van der Waals surface area contributed by atoms with Crippen LogP contribution in [-0.2, 0) is 9.47 Å². The lowest BCUT2D eigenvalue weighted by Gasteiger charge is -2.23. The van der Waals surface area contributed by atoms with Crippen LogP contribution in [0.3, 0.4) is 0 Å². The third-order valence-corrected chi connectivity index (χ3v) is 6.16. The molecule has 0 N–H and O–H groups in total. The van der Waals surface area contributed by atoms with Crippen LogP contribution in [-0.4, -0.2) is 43.2 Å². The summed E-state index contributed by atoms with van der Waals surface area (Å²) in [5.74, 6) is -0.880. The van der Waals surface area contributed by atoms with Crippen molar-refractivity contribution >= 4 is 50.2 Å². The molecule has 1 saturated heterocycles. The molecule has 150 valence electrons. The van der Waals surface area contributed by atoms with Gasteiger partial charge in [0.25, 0.3) is 5.91 Å². The molecule has 1 aliphatic heterocycles. The number of hydrogen-bond acceptors (Lipinski definition) is 6. The van der Waals surface area contributed by atoms with E-state index in [0.29, 0.717) is 28.8 Å². The van der Waals surface area contributed by atoms with Crippen molar-refractivity contribution in [3.05, 3.63) is 58.6 Å². The molecule has 8 heteroatoms. The lowest BCUT2D eigenvalue weighted by molar-refractivity contribution is 0.0596. The van der Waals surface area contributed by atoms with E-state index >= 15 is 0 Å². The average Bonchev–Trinajstić information content (AvgIpc) is 3.41. The summed E-state index contributed by atoms with van der Waals surface area (Å²) in [5.41, 5.74) is 1.14. The number of ether oxygens (including phenoxy) is 2. The van der Waals surface area contributed by atoms with E-state index in [1.807, 2.05) is 12.1 Å². The van der Waals surface area contributed by atoms with E-state index in [2.05, 4.69) is 4.98 Å². The third-order valence-electron chi connectivity index (χ3n) is 4.81. The first-order valence-electron chi connectivity index (χ1n) is 9.24. The number of para-hydroxylation sites is 1. The molecule has 2 heterocycles. The highest BCUT2D eigenvalue weighted by Crippen LogP contribution is 2.34. The fourth-order valence-corrected chi connectivity index (χ4v) is 4.63. The van der Waals surface area contributed by atoms with Crippen molar-refractivity contribution in [3.8, 4) is 0 Å². The summed E-state index contributed by atoms with van der Waals surface area (Å²) in [7, 11) is 1.29. The number of nitrogens with zero attached hydrogens (tertiary/aromatic N) is 2. The first-order chi connectivity index (χ1) is 14.1. The van der Waals surface area contributed by atoms with Gasteiger partial charge in [0.1, 0.15) is 5.52 Å². The molecule has 4 rings (SSSR count). The van der Waals surface area contributed by atoms with E-state index in [1.165, 1.54) is 18.4 Å². The minimum absolute atomic E-state index is 0.0771. The zero-order valence-corrected chi connectivity index (χ0v) is 17.3. The van der Waals surface area contributed by atoms with Crippen molar-refractivity contribution < 1.29 is 19.1 Å². The molecule has 1 fully saturated rings. The first kappa shape index (κ1) is 19.8. The van der Waals surface area contributed by atoms with Gasteiger partial charge in [-0.15, -0.1) is 0 Å². The van der Waals surface area contributed by atoms with Crippen LogP contribution in [0.1, 0.15) is 33.6 Å². The molecular weight excluding hydrogens is 412 g/mol. The van der Waals surface area contributed by atoms with E-state index in [0.717, 1.165) is 17.5 Å². The summed E-state index contributed by atoms with van der Waals surface area (Å²) in [6.45, 7) is 1.03. The zero-order chi connectivity index (χ0) is 20.4. The largest absolute Gasteiger partial charge is 0.465 e. The number of carbonyl (C=O) groups excluding carboxylic acids is 2. The predicted octanol–water partition coefficient (Wildman–Crippen LogP) is 4.56. The molecule has 2 aromatic carbocycles. The number of aromatic nitrogens is 1. The molecule has 1 amide bonds. The van der Waals surface area contributed by atoms with Gasteiger partial charge in [0, 0.05) is 6.61 Å². The van der Waals surface area contributed by atoms with Crippen LogP contribution in [0.15, 0.2) is 42.5 Å². The Morgan fingerprint density at radius 2 is 2.03 bits per heavy atom. The molecule has 1 aromatic heterocycles. The Labute approximate surface area is 177 Å². The van der Waals surface area contributed by atoms with Crippen molar-refractivity contribution in [2.75, 3.05) is 25.2 Å². The van der Waals surface area contributed by atoms with Crippen LogP contribution >= 0.6 is 22.9 Å². The summed E-state index contributed by atoms with van der Waals surface area (Å²) in [6, 6.07) is 12.2. The Morgan fingerprint density at radius 1 is 1.24 bits per heavy atom. The van der Waals surface area contributed by atoms with Gasteiger partial charge in [0.05, 0.1) is 40.6 Å². The minimum atomic E-state index is -0.557. The van der Waals surface area contributed by atoms with Gasteiger partial charge in [-0.3, -0.25) is 9.69 Å². The standard InChI is InChI=1S/C21H19ClN2O4S/c1-27-20(26)15-8-3-2-7-14(15)19(25)24(12-13-6-5-11-28-13)21-23-18-16(22)9-4-10-17(18)29-21/h2-4,7-10,13H,5-6,11-12H2,1H3. The van der Waals surface area contributed by atoms with E-state index in [1.54, 1.807) is 35.2 Å². The Bertz CT molecular complexity index is 1060. The van der Waals surface area contributed by atoms with Crippen LogP contribution in [0.5, 0.6) is 0 Å². The van der Waals surface area contributed by atoms with E-state index in [9.17, 15) is 9.59 Å². The van der Waals surface area contributed by atoms with E-state index in [-0.39, 0.29) is 23.1 Å². The second kappa shape index (κ2) is 8.49. The fraction of sp³-hybridized carbons (Fsp3) is 0.286. The van der Waals surface area contributed by atoms with Crippen LogP contribution in [0.25, 0.3) is 10.2 Å². The van der Waals surface area contributed by atoms with Gasteiger partial charge >= 0.3 is 5.97 Å². The maximum absolute atomic E-state index is 13.5. The average molecular weight is 431 g/mol. The monoisotopic (exact) mass is 430 g/mol. The number of halogens is 1. The lowest BCUT2D eigenvalue weighted by Crippen LogP contribution is -2.38. The molecular formula is C21H19ClN2O4S. The number of hydrogen-bond donors (Lipinski definition) is 0. The first-order valence-corrected chi connectivity index (χ1v) is 10.4. The second-order valence-corrected chi connectivity index (χ2v) is 8.09. The summed E-state index contributed by atoms with van der Waals surface area (Å²) in [6.07, 6.45) is 1.75. The molecule has 1 atom stereocenters. The molecule has 1 unspecified atom stereocenters. The summed E-state index contributed by atoms with van der Waals surface area (Å²) in [4.78, 5) is 31.9. The maximum Gasteiger partial charge on any atom is 0.338 e. The normalized spacial score (nSPS) is 16.1. The van der Waals surface area contributed by atoms with Crippen LogP contribution in [0, 0.1) is 0 Å². The van der Waals surface area contributed by atoms with E-state index < -0.39 is 5.97 Å². The molecule has 0 spiro atoms. The van der Waals surface area contributed by atoms with Crippen molar-refractivity contribution in [1.82, 2.24) is 4.98 Å². The SMILES string of the molecule is COC(=O)c1ccccc1C(=O)N(CC1CCCO1)c1nc2c(Cl)cccc2s1. The summed E-state index contributed by atoms with van der Waals surface area (Å²) >= 11 is 7.67. The Hall–Kier alpha value is -2.48. The lowest BCUT2D eigenvalue weighted by atomic mass is 10.1. The van der Waals surface area contributed by atoms with Crippen molar-refractivity contribution in [2.45, 2.75) is 18.9 Å². The van der Waals surface area contributed by atoms with Gasteiger partial charge in [-0.05, 0) is 37.1 Å². The Balaban J connectivity index is 1.77. The van der Waals surface area contributed by atoms with Gasteiger partial charge in [0.15, 0.2) is 5.13 Å². The van der Waals surface area contributed by atoms with Gasteiger partial charge < -0.3 is 9.47 Å². The number of anilines is 1. The zero-order valence-electron chi connectivity index (χ0n) is 15.8. The molecule has 3 aromatic rings. The van der Waals surface area contributed by atoms with Gasteiger partial charge in [-0.2, -0.15) is 0 Å². The fourth-order valence-electron chi connectivity index (χ4n) is 3.36. The van der Waals surface area contributed by atoms with Crippen molar-refractivity contribution in [2.24, 2.45) is 0 Å². The van der Waals surface area contributed by atoms with Gasteiger partial charge in [0.2, 0.25) is 0 Å². The topological polar surface area (TPSA) is 68.7 Å². The van der Waals surface area contributed by atoms with Crippen LogP contribution in [0.2, 0.25) is 5.02 Å². The number of amides is 1. The summed E-state index contributed by atoms with van der Waals surface area (Å²) < 4.78 is 11.5. The number of fused-ring (bicyclic) bond motifs is 1. The highest BCUT2D eigenvalue weighted by atomic mass is 35.5. The molecule has 0 radical (unpaired) electrons. The smallest absolute Gasteiger partial charge is 0.338 e. The van der Waals surface area contributed by atoms with Crippen molar-refractivity contribution in [3.63, 3.8) is 0 Å². The number of benzene rings is 2. The number of esters is 1. The number of thiazole rings is 1. The van der Waals surface area contributed by atoms with E-state index in [4.69, 9.17) is 21.1 Å². The molecule has 0 saturated carbocycles. The highest BCUT2D eigenvalue weighted by Gasteiger charge is 2.29. The molecule has 1 aliphatic rings. The summed E-state index contributed by atoms with van der Waals surface area (Å²) in [5, 5.41) is 1.05. The second-order valence-electron chi connectivity index (χ2n) is 6.67. The molecule has 29 heavy (non-hydrogen) atoms. The van der Waals surface area contributed by atoms with Crippen molar-refractivity contribution in [1.29, 1.82) is 0 Å². The van der Waals surface area contributed by atoms with Gasteiger partial charge in [-0.1, -0.05) is 41.1 Å². The maximum atomic E-state index is 13.5. The Kier molecular flexibility index (Phi) is 5.80. The quantitative estimate of drug-likeness (QED) is 0.555. The number of carbonyl (C=O) groups is 2. The molecule has 0 bridgehead atoms. The Morgan fingerprint density at radius 3 is 2.72 bits per heavy atom. The minimum Gasteiger partial charge on any atom is -0.465 e. The molecule has 6 nitrogen and oxygen atoms in total. The van der Waals surface area contributed by atoms with Gasteiger partial charge in [-0.25, -0.2) is 9.78 Å². The van der Waals surface area contributed by atoms with Crippen LogP contribution < -0.4 is 4.90 Å². The molecule has 0 aliphatic carbocycles. The number of methoxy groups -OCH3 is 1. The third kappa shape index (κ3) is 3.99. The highest BCUT2D eigenvalue weighted by molar-refractivity contribution is 7.22. The number of rotatable bonds is 5. The predicted molar refractivity (Wildman–Crippen MR) is 113 cm³/mol.